The Labute approximate surface area is 201 Å². The van der Waals surface area contributed by atoms with Gasteiger partial charge in [0.05, 0.1) is 26.2 Å². The zero-order chi connectivity index (χ0) is 24.7. The summed E-state index contributed by atoms with van der Waals surface area (Å²) in [4.78, 5) is 43.0. The van der Waals surface area contributed by atoms with E-state index in [2.05, 4.69) is 17.2 Å². The van der Waals surface area contributed by atoms with E-state index in [-0.39, 0.29) is 56.6 Å². The van der Waals surface area contributed by atoms with Crippen molar-refractivity contribution < 1.29 is 19.1 Å². The lowest BCUT2D eigenvalue weighted by Crippen LogP contribution is -2.77. The number of terminal acetylenes is 2. The van der Waals surface area contributed by atoms with E-state index < -0.39 is 12.2 Å². The number of piperazine rings is 1. The summed E-state index contributed by atoms with van der Waals surface area (Å²) < 4.78 is 5.37. The van der Waals surface area contributed by atoms with Gasteiger partial charge in [0.1, 0.15) is 18.8 Å². The predicted octanol–water partition coefficient (Wildman–Crippen LogP) is 0.733. The second-order valence-electron chi connectivity index (χ2n) is 8.53. The average Bonchev–Trinajstić information content (AvgIpc) is 2.81. The number of carbonyl (C=O) groups excluding carboxylic acids is 3. The molecule has 2 saturated heterocycles. The summed E-state index contributed by atoms with van der Waals surface area (Å²) in [5, 5.41) is 5.97. The van der Waals surface area contributed by atoms with Crippen LogP contribution in [0.15, 0.2) is 30.3 Å². The molecule has 34 heavy (non-hydrogen) atoms. The molecule has 2 aliphatic heterocycles. The highest BCUT2D eigenvalue weighted by Gasteiger charge is 2.52. The second kappa shape index (κ2) is 11.6. The van der Waals surface area contributed by atoms with Gasteiger partial charge in [-0.05, 0) is 11.5 Å². The normalized spacial score (nSPS) is 20.7. The number of nitrogens with one attached hydrogen (secondary N) is 1. The Morgan fingerprint density at radius 3 is 2.59 bits per heavy atom. The molecule has 0 unspecified atom stereocenters. The molecule has 0 aromatic heterocycles. The number of rotatable bonds is 8. The third-order valence-electron chi connectivity index (χ3n) is 5.85. The Bertz CT molecular complexity index is 968. The van der Waals surface area contributed by atoms with Gasteiger partial charge in [-0.3, -0.25) is 9.59 Å². The van der Waals surface area contributed by atoms with Crippen LogP contribution in [0.1, 0.15) is 19.4 Å². The van der Waals surface area contributed by atoms with Crippen molar-refractivity contribution in [3.8, 4) is 24.7 Å². The standard InChI is InChI=1S/C25H31N5O4/c1-5-12-28-18-22(31)29-21(30(28)25(33)26-16-20-10-8-7-9-11-20)17-27(13-15-34-14-6-2)24(32)23(29)19(3)4/h1-2,7-11,19,21,23H,12-18H2,3-4H3,(H,26,33)/t21-,23-/m0/s1. The van der Waals surface area contributed by atoms with E-state index in [1.165, 1.54) is 5.01 Å². The van der Waals surface area contributed by atoms with Crippen LogP contribution >= 0.6 is 0 Å². The molecule has 9 heteroatoms. The minimum absolute atomic E-state index is 0.0821. The molecule has 0 saturated carbocycles. The van der Waals surface area contributed by atoms with Crippen LogP contribution in [-0.4, -0.2) is 89.3 Å². The maximum Gasteiger partial charge on any atom is 0.334 e. The molecule has 3 rings (SSSR count). The highest BCUT2D eigenvalue weighted by Crippen LogP contribution is 2.29. The number of benzene rings is 1. The van der Waals surface area contributed by atoms with Crippen molar-refractivity contribution in [2.45, 2.75) is 32.6 Å². The molecule has 1 aromatic carbocycles. The first-order valence-electron chi connectivity index (χ1n) is 11.3. The number of hydrogen-bond acceptors (Lipinski definition) is 5. The van der Waals surface area contributed by atoms with Crippen molar-refractivity contribution >= 4 is 17.8 Å². The average molecular weight is 466 g/mol. The first kappa shape index (κ1) is 25.1. The lowest BCUT2D eigenvalue weighted by Gasteiger charge is -2.55. The number of carbonyl (C=O) groups is 3. The van der Waals surface area contributed by atoms with Crippen LogP contribution in [-0.2, 0) is 20.9 Å². The van der Waals surface area contributed by atoms with Gasteiger partial charge < -0.3 is 19.9 Å². The van der Waals surface area contributed by atoms with Crippen molar-refractivity contribution in [1.29, 1.82) is 0 Å². The van der Waals surface area contributed by atoms with Crippen LogP contribution in [0.2, 0.25) is 0 Å². The van der Waals surface area contributed by atoms with Gasteiger partial charge in [-0.2, -0.15) is 5.01 Å². The smallest absolute Gasteiger partial charge is 0.334 e. The molecule has 0 bridgehead atoms. The fraction of sp³-hybridized carbons (Fsp3) is 0.480. The molecule has 2 atom stereocenters. The van der Waals surface area contributed by atoms with Gasteiger partial charge in [-0.25, -0.2) is 9.80 Å². The van der Waals surface area contributed by atoms with Crippen LogP contribution in [0.3, 0.4) is 0 Å². The summed E-state index contributed by atoms with van der Waals surface area (Å²) in [7, 11) is 0. The highest BCUT2D eigenvalue weighted by molar-refractivity contribution is 5.91. The maximum absolute atomic E-state index is 13.4. The number of amides is 4. The molecule has 0 aliphatic carbocycles. The van der Waals surface area contributed by atoms with Gasteiger partial charge in [0.2, 0.25) is 11.8 Å². The summed E-state index contributed by atoms with van der Waals surface area (Å²) in [6, 6.07) is 8.44. The minimum atomic E-state index is -0.698. The van der Waals surface area contributed by atoms with Crippen LogP contribution < -0.4 is 5.32 Å². The van der Waals surface area contributed by atoms with Crippen molar-refractivity contribution in [3.63, 3.8) is 0 Å². The molecule has 1 aromatic rings. The summed E-state index contributed by atoms with van der Waals surface area (Å²) in [5.41, 5.74) is 0.940. The first-order valence-corrected chi connectivity index (χ1v) is 11.3. The second-order valence-corrected chi connectivity index (χ2v) is 8.53. The summed E-state index contributed by atoms with van der Waals surface area (Å²) >= 11 is 0. The van der Waals surface area contributed by atoms with E-state index in [4.69, 9.17) is 17.6 Å². The third kappa shape index (κ3) is 5.51. The van der Waals surface area contributed by atoms with Crippen LogP contribution in [0.4, 0.5) is 4.79 Å². The summed E-state index contributed by atoms with van der Waals surface area (Å²) in [6.45, 7) is 4.95. The van der Waals surface area contributed by atoms with Crippen LogP contribution in [0, 0.1) is 30.6 Å². The van der Waals surface area contributed by atoms with Crippen molar-refractivity contribution in [2.24, 2.45) is 5.92 Å². The molecule has 2 heterocycles. The minimum Gasteiger partial charge on any atom is -0.367 e. The summed E-state index contributed by atoms with van der Waals surface area (Å²) in [5.74, 6) is 4.38. The van der Waals surface area contributed by atoms with E-state index >= 15 is 0 Å². The van der Waals surface area contributed by atoms with E-state index in [1.54, 1.807) is 14.8 Å². The topological polar surface area (TPSA) is 85.4 Å². The number of fused-ring (bicyclic) bond motifs is 1. The van der Waals surface area contributed by atoms with Gasteiger partial charge in [-0.1, -0.05) is 56.0 Å². The Hall–Kier alpha value is -3.53. The fourth-order valence-electron chi connectivity index (χ4n) is 4.35. The van der Waals surface area contributed by atoms with Crippen LogP contribution in [0.5, 0.6) is 0 Å². The van der Waals surface area contributed by atoms with E-state index in [9.17, 15) is 14.4 Å². The van der Waals surface area contributed by atoms with Crippen molar-refractivity contribution in [1.82, 2.24) is 25.1 Å². The number of urea groups is 1. The molecule has 2 aliphatic rings. The fourth-order valence-corrected chi connectivity index (χ4v) is 4.35. The lowest BCUT2D eigenvalue weighted by molar-refractivity contribution is -0.192. The largest absolute Gasteiger partial charge is 0.367 e. The Kier molecular flexibility index (Phi) is 8.53. The summed E-state index contributed by atoms with van der Waals surface area (Å²) in [6.07, 6.45) is 10.1. The lowest BCUT2D eigenvalue weighted by atomic mass is 9.96. The Morgan fingerprint density at radius 2 is 1.94 bits per heavy atom. The molecular formula is C25H31N5O4. The van der Waals surface area contributed by atoms with Gasteiger partial charge in [-0.15, -0.1) is 12.8 Å². The molecule has 2 fully saturated rings. The zero-order valence-electron chi connectivity index (χ0n) is 19.6. The highest BCUT2D eigenvalue weighted by atomic mass is 16.5. The molecule has 4 amide bonds. The quantitative estimate of drug-likeness (QED) is 0.452. The van der Waals surface area contributed by atoms with E-state index in [0.717, 1.165) is 5.56 Å². The monoisotopic (exact) mass is 465 g/mol. The Morgan fingerprint density at radius 1 is 1.21 bits per heavy atom. The van der Waals surface area contributed by atoms with Gasteiger partial charge in [0, 0.05) is 13.1 Å². The van der Waals surface area contributed by atoms with Gasteiger partial charge in [0.15, 0.2) is 0 Å². The third-order valence-corrected chi connectivity index (χ3v) is 5.85. The molecular weight excluding hydrogens is 434 g/mol. The maximum atomic E-state index is 13.4. The van der Waals surface area contributed by atoms with Crippen molar-refractivity contribution in [2.75, 3.05) is 39.4 Å². The molecule has 180 valence electrons. The van der Waals surface area contributed by atoms with Gasteiger partial charge in [0.25, 0.3) is 0 Å². The number of hydrogen-bond donors (Lipinski definition) is 1. The van der Waals surface area contributed by atoms with E-state index in [0.29, 0.717) is 13.1 Å². The zero-order valence-corrected chi connectivity index (χ0v) is 19.6. The number of nitrogens with zero attached hydrogens (tertiary/aromatic N) is 4. The first-order chi connectivity index (χ1) is 16.4. The molecule has 0 radical (unpaired) electrons. The molecule has 1 N–H and O–H groups in total. The number of ether oxygens (including phenoxy) is 1. The Balaban J connectivity index is 1.88. The van der Waals surface area contributed by atoms with Crippen molar-refractivity contribution in [3.05, 3.63) is 35.9 Å². The van der Waals surface area contributed by atoms with E-state index in [1.807, 2.05) is 44.2 Å². The molecule has 0 spiro atoms. The molecule has 9 nitrogen and oxygen atoms in total. The number of hydrazine groups is 1. The van der Waals surface area contributed by atoms with Crippen LogP contribution in [0.25, 0.3) is 0 Å². The van der Waals surface area contributed by atoms with Gasteiger partial charge >= 0.3 is 6.03 Å². The SMILES string of the molecule is C#CCOCCN1C[C@H]2N(C(=O)CN(CC#C)N2C(=O)NCc2ccccc2)[C@@H](C(C)C)C1=O. The predicted molar refractivity (Wildman–Crippen MR) is 126 cm³/mol.